The molecular weight excluding hydrogens is 741 g/mol. The number of esters is 2. The average molecular weight is 827 g/mol. The summed E-state index contributed by atoms with van der Waals surface area (Å²) in [5, 5.41) is 0. The van der Waals surface area contributed by atoms with E-state index in [1.807, 2.05) is 51.5 Å². The average Bonchev–Trinajstić information content (AvgIpc) is 3.17. The SMILES string of the molecule is CCCCCCCCCCCCCCCC(=O)OCC(COP(=O)(O)OCC[N+](C)(C)C)OC(=O)CCCCCCCCCCCCCCCOc1ccccc1. The van der Waals surface area contributed by atoms with E-state index in [0.29, 0.717) is 17.4 Å². The van der Waals surface area contributed by atoms with E-state index >= 15 is 0 Å². The van der Waals surface area contributed by atoms with Crippen molar-refractivity contribution in [2.45, 2.75) is 193 Å². The van der Waals surface area contributed by atoms with E-state index in [0.717, 1.165) is 57.3 Å². The maximum Gasteiger partial charge on any atom is 0.472 e. The highest BCUT2D eigenvalue weighted by molar-refractivity contribution is 7.47. The molecular formula is C46H85NO9P+. The van der Waals surface area contributed by atoms with Gasteiger partial charge in [0.1, 0.15) is 25.5 Å². The van der Waals surface area contributed by atoms with Crippen LogP contribution in [0.2, 0.25) is 0 Å². The van der Waals surface area contributed by atoms with Crippen molar-refractivity contribution in [3.8, 4) is 5.75 Å². The molecule has 11 heteroatoms. The van der Waals surface area contributed by atoms with Crippen molar-refractivity contribution in [2.24, 2.45) is 0 Å². The molecule has 0 saturated carbocycles. The third-order valence-electron chi connectivity index (χ3n) is 10.2. The third-order valence-corrected chi connectivity index (χ3v) is 11.2. The van der Waals surface area contributed by atoms with E-state index < -0.39 is 26.5 Å². The van der Waals surface area contributed by atoms with Crippen LogP contribution in [0, 0.1) is 0 Å². The molecule has 1 aromatic carbocycles. The Kier molecular flexibility index (Phi) is 33.4. The third kappa shape index (κ3) is 36.8. The Hall–Kier alpha value is -1.97. The molecule has 57 heavy (non-hydrogen) atoms. The number of carbonyl (C=O) groups excluding carboxylic acids is 2. The minimum atomic E-state index is -4.38. The van der Waals surface area contributed by atoms with Crippen LogP contribution >= 0.6 is 7.82 Å². The quantitative estimate of drug-likeness (QED) is 0.0298. The molecule has 0 saturated heterocycles. The van der Waals surface area contributed by atoms with Crippen molar-refractivity contribution >= 4 is 19.8 Å². The number of nitrogens with zero attached hydrogens (tertiary/aromatic N) is 1. The zero-order chi connectivity index (χ0) is 41.7. The highest BCUT2D eigenvalue weighted by atomic mass is 31.2. The Labute approximate surface area is 348 Å². The monoisotopic (exact) mass is 827 g/mol. The van der Waals surface area contributed by atoms with Crippen LogP contribution in [-0.2, 0) is 32.7 Å². The molecule has 2 atom stereocenters. The molecule has 0 aromatic heterocycles. The van der Waals surface area contributed by atoms with Crippen LogP contribution in [0.15, 0.2) is 30.3 Å². The van der Waals surface area contributed by atoms with Crippen molar-refractivity contribution in [2.75, 3.05) is 54.1 Å². The maximum absolute atomic E-state index is 12.7. The number of rotatable bonds is 41. The van der Waals surface area contributed by atoms with Gasteiger partial charge < -0.3 is 23.6 Å². The van der Waals surface area contributed by atoms with Gasteiger partial charge in [-0.3, -0.25) is 18.6 Å². The first-order chi connectivity index (χ1) is 27.5. The molecule has 1 aromatic rings. The summed E-state index contributed by atoms with van der Waals surface area (Å²) in [6.07, 6.45) is 30.5. The Morgan fingerprint density at radius 1 is 0.579 bits per heavy atom. The second-order valence-electron chi connectivity index (χ2n) is 16.9. The fourth-order valence-electron chi connectivity index (χ4n) is 6.57. The smallest absolute Gasteiger partial charge is 0.472 e. The first-order valence-electron chi connectivity index (χ1n) is 23.0. The van der Waals surface area contributed by atoms with Gasteiger partial charge in [0, 0.05) is 12.8 Å². The van der Waals surface area contributed by atoms with Gasteiger partial charge in [0.2, 0.25) is 0 Å². The Morgan fingerprint density at radius 2 is 1.02 bits per heavy atom. The number of ether oxygens (including phenoxy) is 3. The molecule has 0 aliphatic rings. The lowest BCUT2D eigenvalue weighted by molar-refractivity contribution is -0.870. The summed E-state index contributed by atoms with van der Waals surface area (Å²) >= 11 is 0. The summed E-state index contributed by atoms with van der Waals surface area (Å²) in [5.41, 5.74) is 0. The molecule has 0 heterocycles. The van der Waals surface area contributed by atoms with E-state index in [1.165, 1.54) is 116 Å². The molecule has 332 valence electrons. The number of phosphoric acid groups is 1. The van der Waals surface area contributed by atoms with Crippen LogP contribution in [-0.4, -0.2) is 81.5 Å². The Morgan fingerprint density at radius 3 is 1.49 bits per heavy atom. The fourth-order valence-corrected chi connectivity index (χ4v) is 7.32. The van der Waals surface area contributed by atoms with Crippen molar-refractivity contribution < 1.29 is 46.8 Å². The maximum atomic E-state index is 12.7. The van der Waals surface area contributed by atoms with E-state index in [-0.39, 0.29) is 32.0 Å². The van der Waals surface area contributed by atoms with E-state index in [9.17, 15) is 19.0 Å². The Bertz CT molecular complexity index is 1130. The second-order valence-corrected chi connectivity index (χ2v) is 18.4. The minimum Gasteiger partial charge on any atom is -0.494 e. The lowest BCUT2D eigenvalue weighted by Gasteiger charge is -2.24. The molecule has 0 aliphatic carbocycles. The minimum absolute atomic E-state index is 0.0303. The normalized spacial score (nSPS) is 13.3. The largest absolute Gasteiger partial charge is 0.494 e. The topological polar surface area (TPSA) is 118 Å². The molecule has 0 radical (unpaired) electrons. The molecule has 1 N–H and O–H groups in total. The summed E-state index contributed by atoms with van der Waals surface area (Å²) in [5.74, 6) is 0.150. The van der Waals surface area contributed by atoms with E-state index in [4.69, 9.17) is 23.3 Å². The van der Waals surface area contributed by atoms with Crippen LogP contribution in [0.3, 0.4) is 0 Å². The van der Waals surface area contributed by atoms with Gasteiger partial charge >= 0.3 is 19.8 Å². The summed E-state index contributed by atoms with van der Waals surface area (Å²) in [7, 11) is 1.47. The molecule has 1 rings (SSSR count). The molecule has 2 unspecified atom stereocenters. The van der Waals surface area contributed by atoms with Crippen LogP contribution in [0.4, 0.5) is 0 Å². The Balaban J connectivity index is 2.21. The molecule has 0 bridgehead atoms. The fraction of sp³-hybridized carbons (Fsp3) is 0.826. The van der Waals surface area contributed by atoms with E-state index in [2.05, 4.69) is 6.92 Å². The second kappa shape index (κ2) is 35.9. The summed E-state index contributed by atoms with van der Waals surface area (Å²) < 4.78 is 40.1. The predicted octanol–water partition coefficient (Wildman–Crippen LogP) is 12.3. The zero-order valence-corrected chi connectivity index (χ0v) is 37.8. The molecule has 0 amide bonds. The van der Waals surface area contributed by atoms with Gasteiger partial charge in [-0.2, -0.15) is 0 Å². The van der Waals surface area contributed by atoms with Gasteiger partial charge in [-0.15, -0.1) is 0 Å². The summed E-state index contributed by atoms with van der Waals surface area (Å²) in [6, 6.07) is 10.0. The number of unbranched alkanes of at least 4 members (excludes halogenated alkanes) is 24. The van der Waals surface area contributed by atoms with Crippen molar-refractivity contribution in [3.05, 3.63) is 30.3 Å². The van der Waals surface area contributed by atoms with Crippen LogP contribution < -0.4 is 4.74 Å². The van der Waals surface area contributed by atoms with Crippen LogP contribution in [0.25, 0.3) is 0 Å². The number of hydrogen-bond donors (Lipinski definition) is 1. The van der Waals surface area contributed by atoms with E-state index in [1.54, 1.807) is 0 Å². The van der Waals surface area contributed by atoms with Crippen molar-refractivity contribution in [1.29, 1.82) is 0 Å². The first kappa shape index (κ1) is 53.0. The van der Waals surface area contributed by atoms with Crippen molar-refractivity contribution in [3.63, 3.8) is 0 Å². The lowest BCUT2D eigenvalue weighted by Crippen LogP contribution is -2.37. The number of phosphoric ester groups is 1. The van der Waals surface area contributed by atoms with Gasteiger partial charge in [0.05, 0.1) is 34.4 Å². The zero-order valence-electron chi connectivity index (χ0n) is 36.9. The predicted molar refractivity (Wildman–Crippen MR) is 232 cm³/mol. The van der Waals surface area contributed by atoms with Crippen LogP contribution in [0.1, 0.15) is 187 Å². The summed E-state index contributed by atoms with van der Waals surface area (Å²) in [6.45, 7) is 2.95. The molecule has 0 aliphatic heterocycles. The number of hydrogen-bond acceptors (Lipinski definition) is 8. The lowest BCUT2D eigenvalue weighted by atomic mass is 10.0. The molecule has 10 nitrogen and oxygen atoms in total. The van der Waals surface area contributed by atoms with Gasteiger partial charge in [-0.05, 0) is 31.4 Å². The molecule has 0 spiro atoms. The van der Waals surface area contributed by atoms with Gasteiger partial charge in [-0.1, -0.05) is 173 Å². The number of quaternary nitrogens is 1. The number of carbonyl (C=O) groups is 2. The van der Waals surface area contributed by atoms with Gasteiger partial charge in [0.15, 0.2) is 6.10 Å². The molecule has 0 fully saturated rings. The number of likely N-dealkylation sites (N-methyl/N-ethyl adjacent to an activating group) is 1. The van der Waals surface area contributed by atoms with Gasteiger partial charge in [0.25, 0.3) is 0 Å². The van der Waals surface area contributed by atoms with Crippen molar-refractivity contribution in [1.82, 2.24) is 0 Å². The standard InChI is InChI=1S/C46H84NO9P/c1-5-6-7-8-9-10-11-13-16-19-22-25-31-36-45(48)53-41-44(42-55-57(50,51)54-40-38-47(2,3)4)56-46(49)37-32-26-23-20-17-14-12-15-18-21-24-27-33-39-52-43-34-29-28-30-35-43/h28-30,34-35,44H,5-27,31-33,36-42H2,1-4H3/p+1. The number of benzene rings is 1. The number of para-hydroxylation sites is 1. The first-order valence-corrected chi connectivity index (χ1v) is 24.5. The highest BCUT2D eigenvalue weighted by Gasteiger charge is 2.27. The van der Waals surface area contributed by atoms with Gasteiger partial charge in [-0.25, -0.2) is 4.57 Å². The summed E-state index contributed by atoms with van der Waals surface area (Å²) in [4.78, 5) is 35.4. The van der Waals surface area contributed by atoms with Crippen LogP contribution in [0.5, 0.6) is 5.75 Å². The highest BCUT2D eigenvalue weighted by Crippen LogP contribution is 2.43.